The lowest BCUT2D eigenvalue weighted by Gasteiger charge is -2.23. The summed E-state index contributed by atoms with van der Waals surface area (Å²) in [5, 5.41) is 6.27. The second-order valence-corrected chi connectivity index (χ2v) is 5.61. The van der Waals surface area contributed by atoms with Crippen LogP contribution in [0.25, 0.3) is 0 Å². The number of halogens is 4. The zero-order valence-electron chi connectivity index (χ0n) is 13.2. The molecule has 4 nitrogen and oxygen atoms in total. The van der Waals surface area contributed by atoms with E-state index in [-0.39, 0.29) is 17.8 Å². The molecule has 0 saturated heterocycles. The lowest BCUT2D eigenvalue weighted by atomic mass is 10.1. The topological polar surface area (TPSA) is 49.0 Å². The van der Waals surface area contributed by atoms with Crippen molar-refractivity contribution in [1.82, 2.24) is 15.1 Å². The summed E-state index contributed by atoms with van der Waals surface area (Å²) in [5.41, 5.74) is 1.46. The number of aromatic amines is 1. The minimum Gasteiger partial charge on any atom is -0.333 e. The predicted molar refractivity (Wildman–Crippen MR) is 79.9 cm³/mol. The third-order valence-electron chi connectivity index (χ3n) is 3.46. The highest BCUT2D eigenvalue weighted by Crippen LogP contribution is 2.22. The molecular weight excluding hydrogens is 326 g/mol. The summed E-state index contributed by atoms with van der Waals surface area (Å²) in [6.45, 7) is 2.53. The van der Waals surface area contributed by atoms with Crippen molar-refractivity contribution in [1.29, 1.82) is 0 Å². The van der Waals surface area contributed by atoms with Crippen LogP contribution < -0.4 is 0 Å². The van der Waals surface area contributed by atoms with Gasteiger partial charge in [-0.2, -0.15) is 18.3 Å². The fourth-order valence-electron chi connectivity index (χ4n) is 2.20. The maximum atomic E-state index is 14.0. The molecule has 0 spiro atoms. The van der Waals surface area contributed by atoms with Crippen LogP contribution in [0.1, 0.15) is 33.7 Å². The molecule has 0 saturated carbocycles. The first-order chi connectivity index (χ1) is 11.2. The molecule has 8 heteroatoms. The van der Waals surface area contributed by atoms with Crippen molar-refractivity contribution < 1.29 is 22.4 Å². The molecule has 2 rings (SSSR count). The van der Waals surface area contributed by atoms with Crippen molar-refractivity contribution in [3.05, 3.63) is 52.6 Å². The molecule has 0 fully saturated rings. The summed E-state index contributed by atoms with van der Waals surface area (Å²) < 4.78 is 51.5. The molecule has 0 aliphatic heterocycles. The Morgan fingerprint density at radius 1 is 1.25 bits per heavy atom. The number of carbonyl (C=O) groups excluding carboxylic acids is 1. The van der Waals surface area contributed by atoms with Gasteiger partial charge in [-0.1, -0.05) is 12.1 Å². The lowest BCUT2D eigenvalue weighted by molar-refractivity contribution is -0.136. The maximum Gasteiger partial charge on any atom is 0.390 e. The monoisotopic (exact) mass is 343 g/mol. The number of hydrogen-bond acceptors (Lipinski definition) is 2. The van der Waals surface area contributed by atoms with E-state index < -0.39 is 30.9 Å². The van der Waals surface area contributed by atoms with Crippen LogP contribution in [0.2, 0.25) is 0 Å². The van der Waals surface area contributed by atoms with E-state index in [4.69, 9.17) is 0 Å². The number of nitrogens with zero attached hydrogens (tertiary/aromatic N) is 2. The highest BCUT2D eigenvalue weighted by Gasteiger charge is 2.30. The number of aryl methyl sites for hydroxylation is 2. The smallest absolute Gasteiger partial charge is 0.333 e. The van der Waals surface area contributed by atoms with Gasteiger partial charge in [-0.15, -0.1) is 0 Å². The Hall–Kier alpha value is -2.38. The van der Waals surface area contributed by atoms with E-state index in [1.165, 1.54) is 18.2 Å². The van der Waals surface area contributed by atoms with Crippen molar-refractivity contribution >= 4 is 5.91 Å². The van der Waals surface area contributed by atoms with Crippen LogP contribution >= 0.6 is 0 Å². The molecule has 130 valence electrons. The van der Waals surface area contributed by atoms with Gasteiger partial charge in [0.25, 0.3) is 5.91 Å². The Kier molecular flexibility index (Phi) is 5.26. The van der Waals surface area contributed by atoms with E-state index in [9.17, 15) is 22.4 Å². The largest absolute Gasteiger partial charge is 0.390 e. The van der Waals surface area contributed by atoms with E-state index >= 15 is 0 Å². The summed E-state index contributed by atoms with van der Waals surface area (Å²) in [4.78, 5) is 13.4. The Morgan fingerprint density at radius 2 is 1.96 bits per heavy atom. The van der Waals surface area contributed by atoms with E-state index in [1.54, 1.807) is 19.9 Å². The van der Waals surface area contributed by atoms with E-state index in [0.29, 0.717) is 11.3 Å². The molecule has 0 bridgehead atoms. The number of H-pyrrole nitrogens is 1. The molecule has 0 aliphatic carbocycles. The number of aromatic nitrogens is 2. The minimum atomic E-state index is -4.41. The van der Waals surface area contributed by atoms with Gasteiger partial charge >= 0.3 is 6.18 Å². The van der Waals surface area contributed by atoms with Crippen LogP contribution in [0.4, 0.5) is 17.6 Å². The number of benzene rings is 1. The first kappa shape index (κ1) is 18.0. The predicted octanol–water partition coefficient (Wildman–Crippen LogP) is 3.76. The normalized spacial score (nSPS) is 11.6. The highest BCUT2D eigenvalue weighted by molar-refractivity contribution is 5.92. The number of amides is 1. The highest BCUT2D eigenvalue weighted by atomic mass is 19.4. The van der Waals surface area contributed by atoms with Gasteiger partial charge in [0.15, 0.2) is 0 Å². The van der Waals surface area contributed by atoms with Crippen LogP contribution in [0, 0.1) is 19.7 Å². The van der Waals surface area contributed by atoms with E-state index in [1.807, 2.05) is 0 Å². The van der Waals surface area contributed by atoms with Crippen molar-refractivity contribution in [2.75, 3.05) is 6.54 Å². The summed E-state index contributed by atoms with van der Waals surface area (Å²) >= 11 is 0. The van der Waals surface area contributed by atoms with Crippen molar-refractivity contribution in [2.45, 2.75) is 33.0 Å². The molecule has 1 aromatic heterocycles. The SMILES string of the molecule is Cc1ccc(CN(CCC(F)(F)F)C(=O)c2cc(C)n[nH]2)c(F)c1. The zero-order chi connectivity index (χ0) is 17.9. The molecule has 2 aromatic rings. The molecule has 0 atom stereocenters. The standard InChI is InChI=1S/C16H17F4N3O/c1-10-3-4-12(13(17)7-10)9-23(6-5-16(18,19)20)15(24)14-8-11(2)21-22-14/h3-4,7-8H,5-6,9H2,1-2H3,(H,21,22). The Bertz CT molecular complexity index is 724. The van der Waals surface area contributed by atoms with Crippen LogP contribution in [0.5, 0.6) is 0 Å². The van der Waals surface area contributed by atoms with Crippen LogP contribution in [0.3, 0.4) is 0 Å². The van der Waals surface area contributed by atoms with E-state index in [2.05, 4.69) is 10.2 Å². The first-order valence-corrected chi connectivity index (χ1v) is 7.29. The van der Waals surface area contributed by atoms with Crippen molar-refractivity contribution in [3.8, 4) is 0 Å². The molecule has 0 unspecified atom stereocenters. The van der Waals surface area contributed by atoms with Gasteiger partial charge in [-0.05, 0) is 31.5 Å². The van der Waals surface area contributed by atoms with Gasteiger partial charge in [0.1, 0.15) is 11.5 Å². The van der Waals surface area contributed by atoms with Crippen LogP contribution in [-0.2, 0) is 6.54 Å². The average molecular weight is 343 g/mol. The average Bonchev–Trinajstić information content (AvgIpc) is 2.90. The Morgan fingerprint density at radius 3 is 2.50 bits per heavy atom. The number of carbonyl (C=O) groups is 1. The van der Waals surface area contributed by atoms with Crippen LogP contribution in [0.15, 0.2) is 24.3 Å². The second-order valence-electron chi connectivity index (χ2n) is 5.61. The zero-order valence-corrected chi connectivity index (χ0v) is 13.2. The molecule has 24 heavy (non-hydrogen) atoms. The van der Waals surface area contributed by atoms with Gasteiger partial charge in [0.2, 0.25) is 0 Å². The van der Waals surface area contributed by atoms with E-state index in [0.717, 1.165) is 4.90 Å². The third kappa shape index (κ3) is 4.81. The summed E-state index contributed by atoms with van der Waals surface area (Å²) in [6.07, 6.45) is -5.58. The van der Waals surface area contributed by atoms with Crippen molar-refractivity contribution in [3.63, 3.8) is 0 Å². The molecule has 1 amide bonds. The lowest BCUT2D eigenvalue weighted by Crippen LogP contribution is -2.34. The van der Waals surface area contributed by atoms with Gasteiger partial charge < -0.3 is 4.90 Å². The maximum absolute atomic E-state index is 14.0. The second kappa shape index (κ2) is 7.02. The van der Waals surface area contributed by atoms with Gasteiger partial charge in [-0.25, -0.2) is 4.39 Å². The molecule has 1 heterocycles. The van der Waals surface area contributed by atoms with Gasteiger partial charge in [0.05, 0.1) is 12.1 Å². The Balaban J connectivity index is 2.23. The molecule has 1 N–H and O–H groups in total. The summed E-state index contributed by atoms with van der Waals surface area (Å²) in [5.74, 6) is -1.21. The minimum absolute atomic E-state index is 0.0715. The van der Waals surface area contributed by atoms with Gasteiger partial charge in [-0.3, -0.25) is 9.89 Å². The number of nitrogens with one attached hydrogen (secondary N) is 1. The molecule has 0 aliphatic rings. The fourth-order valence-corrected chi connectivity index (χ4v) is 2.20. The Labute approximate surface area is 136 Å². The third-order valence-corrected chi connectivity index (χ3v) is 3.46. The molecular formula is C16H17F4N3O. The fraction of sp³-hybridized carbons (Fsp3) is 0.375. The number of alkyl halides is 3. The molecule has 0 radical (unpaired) electrons. The molecule has 1 aromatic carbocycles. The quantitative estimate of drug-likeness (QED) is 0.841. The van der Waals surface area contributed by atoms with Crippen molar-refractivity contribution in [2.24, 2.45) is 0 Å². The first-order valence-electron chi connectivity index (χ1n) is 7.29. The number of rotatable bonds is 5. The number of hydrogen-bond donors (Lipinski definition) is 1. The van der Waals surface area contributed by atoms with Gasteiger partial charge in [0, 0.05) is 18.7 Å². The summed E-state index contributed by atoms with van der Waals surface area (Å²) in [6, 6.07) is 5.83. The summed E-state index contributed by atoms with van der Waals surface area (Å²) in [7, 11) is 0. The van der Waals surface area contributed by atoms with Crippen LogP contribution in [-0.4, -0.2) is 33.7 Å².